The van der Waals surface area contributed by atoms with Crippen molar-refractivity contribution in [1.29, 1.82) is 0 Å². The molecule has 0 aliphatic heterocycles. The standard InChI is InChI=1S/C16H27NO/c1-3-5-12-17-13-8-9-14-18-16-11-7-6-10-15(16)4-2/h6-7,10-11,17H,3-5,8-9,12-14H2,1-2H3/p+1. The van der Waals surface area contributed by atoms with Gasteiger partial charge in [-0.15, -0.1) is 0 Å². The van der Waals surface area contributed by atoms with Crippen molar-refractivity contribution in [2.45, 2.75) is 46.0 Å². The van der Waals surface area contributed by atoms with Crippen molar-refractivity contribution < 1.29 is 10.1 Å². The van der Waals surface area contributed by atoms with Crippen LogP contribution < -0.4 is 10.1 Å². The fraction of sp³-hybridized carbons (Fsp3) is 0.625. The van der Waals surface area contributed by atoms with E-state index in [1.54, 1.807) is 0 Å². The van der Waals surface area contributed by atoms with E-state index in [0.29, 0.717) is 0 Å². The SMILES string of the molecule is CCCC[NH2+]CCCCOc1ccccc1CC. The van der Waals surface area contributed by atoms with E-state index in [0.717, 1.165) is 25.2 Å². The first-order chi connectivity index (χ1) is 8.88. The Morgan fingerprint density at radius 3 is 2.56 bits per heavy atom. The molecular weight excluding hydrogens is 222 g/mol. The molecule has 1 rings (SSSR count). The van der Waals surface area contributed by atoms with Gasteiger partial charge in [-0.3, -0.25) is 0 Å². The van der Waals surface area contributed by atoms with Crippen LogP contribution in [0.25, 0.3) is 0 Å². The average molecular weight is 250 g/mol. The summed E-state index contributed by atoms with van der Waals surface area (Å²) in [4.78, 5) is 0. The number of unbranched alkanes of at least 4 members (excludes halogenated alkanes) is 2. The normalized spacial score (nSPS) is 10.6. The van der Waals surface area contributed by atoms with E-state index in [1.807, 2.05) is 6.07 Å². The van der Waals surface area contributed by atoms with Crippen LogP contribution in [-0.4, -0.2) is 19.7 Å². The first kappa shape index (κ1) is 15.0. The zero-order valence-corrected chi connectivity index (χ0v) is 12.0. The third-order valence-corrected chi connectivity index (χ3v) is 3.18. The monoisotopic (exact) mass is 250 g/mol. The van der Waals surface area contributed by atoms with Crippen LogP contribution in [0.2, 0.25) is 0 Å². The molecule has 0 spiro atoms. The van der Waals surface area contributed by atoms with Crippen LogP contribution in [-0.2, 0) is 6.42 Å². The van der Waals surface area contributed by atoms with E-state index in [4.69, 9.17) is 4.74 Å². The first-order valence-corrected chi connectivity index (χ1v) is 7.40. The topological polar surface area (TPSA) is 25.8 Å². The Bertz CT molecular complexity index is 312. The number of aryl methyl sites for hydroxylation is 1. The second kappa shape index (κ2) is 9.95. The Morgan fingerprint density at radius 1 is 1.00 bits per heavy atom. The Hall–Kier alpha value is -1.02. The van der Waals surface area contributed by atoms with Crippen molar-refractivity contribution in [1.82, 2.24) is 0 Å². The highest BCUT2D eigenvalue weighted by molar-refractivity contribution is 5.33. The number of ether oxygens (including phenoxy) is 1. The summed E-state index contributed by atoms with van der Waals surface area (Å²) in [6.07, 6.45) is 6.08. The van der Waals surface area contributed by atoms with Gasteiger partial charge in [0.1, 0.15) is 5.75 Å². The van der Waals surface area contributed by atoms with E-state index >= 15 is 0 Å². The summed E-state index contributed by atoms with van der Waals surface area (Å²) in [7, 11) is 0. The molecule has 0 aliphatic carbocycles. The average Bonchev–Trinajstić information content (AvgIpc) is 2.42. The molecule has 2 heteroatoms. The van der Waals surface area contributed by atoms with Gasteiger partial charge in [-0.25, -0.2) is 0 Å². The number of para-hydroxylation sites is 1. The molecule has 0 amide bonds. The maximum atomic E-state index is 5.84. The lowest BCUT2D eigenvalue weighted by molar-refractivity contribution is -0.655. The maximum absolute atomic E-state index is 5.84. The molecule has 0 unspecified atom stereocenters. The van der Waals surface area contributed by atoms with Gasteiger partial charge in [0.2, 0.25) is 0 Å². The molecule has 1 aromatic rings. The fourth-order valence-corrected chi connectivity index (χ4v) is 2.00. The molecule has 18 heavy (non-hydrogen) atoms. The molecular formula is C16H28NO+. The molecule has 0 fully saturated rings. The van der Waals surface area contributed by atoms with Crippen molar-refractivity contribution in [3.63, 3.8) is 0 Å². The fourth-order valence-electron chi connectivity index (χ4n) is 2.00. The van der Waals surface area contributed by atoms with Gasteiger partial charge in [0.25, 0.3) is 0 Å². The molecule has 1 aromatic carbocycles. The highest BCUT2D eigenvalue weighted by Crippen LogP contribution is 2.18. The Kier molecular flexibility index (Phi) is 8.32. The van der Waals surface area contributed by atoms with Crippen LogP contribution in [0.5, 0.6) is 5.75 Å². The van der Waals surface area contributed by atoms with Gasteiger partial charge in [0, 0.05) is 0 Å². The predicted molar refractivity (Wildman–Crippen MR) is 77.1 cm³/mol. The maximum Gasteiger partial charge on any atom is 0.122 e. The van der Waals surface area contributed by atoms with Crippen LogP contribution in [0.15, 0.2) is 24.3 Å². The van der Waals surface area contributed by atoms with Gasteiger partial charge in [-0.05, 0) is 37.3 Å². The lowest BCUT2D eigenvalue weighted by Crippen LogP contribution is -2.84. The van der Waals surface area contributed by atoms with Crippen LogP contribution in [0.1, 0.15) is 45.1 Å². The highest BCUT2D eigenvalue weighted by Gasteiger charge is 2.00. The minimum atomic E-state index is 0.846. The summed E-state index contributed by atoms with van der Waals surface area (Å²) in [5.74, 6) is 1.06. The number of hydrogen-bond donors (Lipinski definition) is 1. The van der Waals surface area contributed by atoms with Crippen molar-refractivity contribution >= 4 is 0 Å². The number of hydrogen-bond acceptors (Lipinski definition) is 1. The van der Waals surface area contributed by atoms with Crippen molar-refractivity contribution in [3.05, 3.63) is 29.8 Å². The summed E-state index contributed by atoms with van der Waals surface area (Å²) < 4.78 is 5.84. The molecule has 0 saturated heterocycles. The Labute approximate surface area is 112 Å². The molecule has 0 aromatic heterocycles. The zero-order valence-electron chi connectivity index (χ0n) is 12.0. The quantitative estimate of drug-likeness (QED) is 0.635. The van der Waals surface area contributed by atoms with Crippen molar-refractivity contribution in [2.24, 2.45) is 0 Å². The van der Waals surface area contributed by atoms with Gasteiger partial charge >= 0.3 is 0 Å². The van der Waals surface area contributed by atoms with E-state index in [-0.39, 0.29) is 0 Å². The molecule has 0 radical (unpaired) electrons. The third-order valence-electron chi connectivity index (χ3n) is 3.18. The summed E-state index contributed by atoms with van der Waals surface area (Å²) in [5, 5.41) is 2.42. The van der Waals surface area contributed by atoms with Gasteiger partial charge in [0.15, 0.2) is 0 Å². The number of nitrogens with two attached hydrogens (primary N) is 1. The Balaban J connectivity index is 2.07. The van der Waals surface area contributed by atoms with Gasteiger partial charge in [0.05, 0.1) is 19.7 Å². The predicted octanol–water partition coefficient (Wildman–Crippen LogP) is 2.77. The van der Waals surface area contributed by atoms with E-state index in [2.05, 4.69) is 37.4 Å². The summed E-state index contributed by atoms with van der Waals surface area (Å²) >= 11 is 0. The van der Waals surface area contributed by atoms with E-state index in [1.165, 1.54) is 37.9 Å². The molecule has 0 saturated carbocycles. The molecule has 102 valence electrons. The van der Waals surface area contributed by atoms with Crippen molar-refractivity contribution in [3.8, 4) is 5.75 Å². The van der Waals surface area contributed by atoms with Crippen LogP contribution in [0, 0.1) is 0 Å². The van der Waals surface area contributed by atoms with E-state index < -0.39 is 0 Å². The minimum absolute atomic E-state index is 0.846. The van der Waals surface area contributed by atoms with Crippen LogP contribution in [0.3, 0.4) is 0 Å². The second-order valence-corrected chi connectivity index (χ2v) is 4.74. The summed E-state index contributed by atoms with van der Waals surface area (Å²) in [6, 6.07) is 8.35. The number of benzene rings is 1. The van der Waals surface area contributed by atoms with E-state index in [9.17, 15) is 0 Å². The van der Waals surface area contributed by atoms with Gasteiger partial charge < -0.3 is 10.1 Å². The van der Waals surface area contributed by atoms with Gasteiger partial charge in [-0.1, -0.05) is 38.5 Å². The molecule has 2 nitrogen and oxygen atoms in total. The number of rotatable bonds is 10. The zero-order chi connectivity index (χ0) is 13.1. The lowest BCUT2D eigenvalue weighted by Gasteiger charge is -2.09. The number of quaternary nitrogens is 1. The van der Waals surface area contributed by atoms with Crippen molar-refractivity contribution in [2.75, 3.05) is 19.7 Å². The largest absolute Gasteiger partial charge is 0.493 e. The molecule has 0 aliphatic rings. The second-order valence-electron chi connectivity index (χ2n) is 4.74. The summed E-state index contributed by atoms with van der Waals surface area (Å²) in [5.41, 5.74) is 1.31. The minimum Gasteiger partial charge on any atom is -0.493 e. The highest BCUT2D eigenvalue weighted by atomic mass is 16.5. The molecule has 2 N–H and O–H groups in total. The smallest absolute Gasteiger partial charge is 0.122 e. The Morgan fingerprint density at radius 2 is 1.78 bits per heavy atom. The molecule has 0 bridgehead atoms. The van der Waals surface area contributed by atoms with Crippen LogP contribution >= 0.6 is 0 Å². The first-order valence-electron chi connectivity index (χ1n) is 7.40. The lowest BCUT2D eigenvalue weighted by atomic mass is 10.1. The molecule has 0 atom stereocenters. The third kappa shape index (κ3) is 6.06. The van der Waals surface area contributed by atoms with Gasteiger partial charge in [-0.2, -0.15) is 0 Å². The van der Waals surface area contributed by atoms with Crippen LogP contribution in [0.4, 0.5) is 0 Å². The summed E-state index contributed by atoms with van der Waals surface area (Å²) in [6.45, 7) is 7.77. The molecule has 0 heterocycles.